The summed E-state index contributed by atoms with van der Waals surface area (Å²) in [5, 5.41) is 0. The molecule has 0 unspecified atom stereocenters. The van der Waals surface area contributed by atoms with Crippen molar-refractivity contribution in [1.29, 1.82) is 0 Å². The van der Waals surface area contributed by atoms with Gasteiger partial charge in [0.25, 0.3) is 0 Å². The molecule has 36 heavy (non-hydrogen) atoms. The van der Waals surface area contributed by atoms with Crippen molar-refractivity contribution >= 4 is 25.7 Å². The zero-order chi connectivity index (χ0) is 26.4. The van der Waals surface area contributed by atoms with Gasteiger partial charge in [0.15, 0.2) is 0 Å². The van der Waals surface area contributed by atoms with Gasteiger partial charge in [-0.3, -0.25) is 0 Å². The third kappa shape index (κ3) is 7.20. The molecular formula is C31H38ClN2ORu. The van der Waals surface area contributed by atoms with Crippen LogP contribution in [-0.2, 0) is 15.7 Å². The van der Waals surface area contributed by atoms with Crippen LogP contribution in [0.25, 0.3) is 0 Å². The fourth-order valence-corrected chi connectivity index (χ4v) is 6.04. The van der Waals surface area contributed by atoms with E-state index >= 15 is 0 Å². The van der Waals surface area contributed by atoms with Gasteiger partial charge in [0.1, 0.15) is 0 Å². The molecule has 1 fully saturated rings. The maximum absolute atomic E-state index is 5.72. The number of halogens is 1. The molecule has 0 aliphatic carbocycles. The van der Waals surface area contributed by atoms with Crippen LogP contribution < -0.4 is 14.5 Å². The second-order valence-corrected chi connectivity index (χ2v) is 11.6. The van der Waals surface area contributed by atoms with Crippen molar-refractivity contribution in [3.8, 4) is 5.75 Å². The number of para-hydroxylation sites is 1. The van der Waals surface area contributed by atoms with Crippen LogP contribution in [-0.4, -0.2) is 23.8 Å². The van der Waals surface area contributed by atoms with E-state index in [9.17, 15) is 0 Å². The Bertz CT molecular complexity index is 1110. The molecular weight excluding hydrogens is 553 g/mol. The Morgan fingerprint density at radius 3 is 1.67 bits per heavy atom. The molecule has 0 N–H and O–H groups in total. The number of hydrogen-bond donors (Lipinski definition) is 0. The Kier molecular flexibility index (Phi) is 10.2. The van der Waals surface area contributed by atoms with Crippen molar-refractivity contribution in [2.45, 2.75) is 61.5 Å². The fraction of sp³-hybridized carbons (Fsp3) is 0.355. The number of anilines is 2. The molecule has 0 amide bonds. The standard InChI is InChI=1S/C21H26N2.C10H12O.ClH.Ru/c1-14-9-16(3)20(17(4)10-14)22-7-8-23(13-22)21-18(5)11-15(2)12-19(21)6;1-8(2)11-10-7-5-4-6-9(10)3;;/h9-12H,7-8H2,1-6H3;3-8H,1-2H3;1H;/q;;;+1/p-1. The van der Waals surface area contributed by atoms with E-state index < -0.39 is 0 Å². The third-order valence-electron chi connectivity index (χ3n) is 6.03. The summed E-state index contributed by atoms with van der Waals surface area (Å²) in [4.78, 5) is 4.56. The molecule has 3 aromatic carbocycles. The minimum absolute atomic E-state index is 0.191. The Labute approximate surface area is 229 Å². The smallest absolute Gasteiger partial charge is 0.208 e. The van der Waals surface area contributed by atoms with E-state index in [-0.39, 0.29) is 21.8 Å². The summed E-state index contributed by atoms with van der Waals surface area (Å²) < 4.78 is 7.66. The molecule has 0 spiro atoms. The molecule has 1 heterocycles. The molecule has 1 aliphatic rings. The summed E-state index contributed by atoms with van der Waals surface area (Å²) in [5.74, 6) is 0.924. The van der Waals surface area contributed by atoms with E-state index in [4.69, 9.17) is 14.4 Å². The Hall–Kier alpha value is -2.16. The first-order valence-corrected chi connectivity index (χ1v) is 15.6. The van der Waals surface area contributed by atoms with E-state index in [1.54, 1.807) is 0 Å². The Morgan fingerprint density at radius 2 is 1.25 bits per heavy atom. The largest absolute Gasteiger partial charge is 0.339 e. The molecule has 3 nitrogen and oxygen atoms in total. The topological polar surface area (TPSA) is 15.7 Å². The number of rotatable bonds is 5. The van der Waals surface area contributed by atoms with Gasteiger partial charge >= 0.3 is 90.3 Å². The maximum Gasteiger partial charge on any atom is 0.208 e. The van der Waals surface area contributed by atoms with Gasteiger partial charge < -0.3 is 9.80 Å². The number of hydrogen-bond acceptors (Lipinski definition) is 3. The fourth-order valence-electron chi connectivity index (χ4n) is 4.93. The Morgan fingerprint density at radius 1 is 0.806 bits per heavy atom. The molecule has 0 atom stereocenters. The normalized spacial score (nSPS) is 13.6. The summed E-state index contributed by atoms with van der Waals surface area (Å²) in [7, 11) is 5.72. The van der Waals surface area contributed by atoms with E-state index in [1.807, 2.05) is 42.7 Å². The van der Waals surface area contributed by atoms with Crippen LogP contribution in [0, 0.1) is 48.2 Å². The molecule has 1 aliphatic heterocycles. The SMILES string of the molecule is CC(C)Oc1ccccc1[CH]=[Ru][Cl].Cc1cc(C)c(N2[C]N(c3c(C)cc(C)cc3C)CC2)c(C)c1. The molecule has 4 rings (SSSR count). The average molecular weight is 591 g/mol. The van der Waals surface area contributed by atoms with Gasteiger partial charge in [-0.2, -0.15) is 0 Å². The molecule has 1 saturated heterocycles. The van der Waals surface area contributed by atoms with Crippen LogP contribution in [0.15, 0.2) is 48.5 Å². The first-order chi connectivity index (χ1) is 17.1. The van der Waals surface area contributed by atoms with Gasteiger partial charge in [-0.1, -0.05) is 35.4 Å². The van der Waals surface area contributed by atoms with Crippen LogP contribution in [0.1, 0.15) is 52.8 Å². The number of ether oxygens (including phenoxy) is 1. The number of nitrogens with zero attached hydrogens (tertiary/aromatic N) is 2. The van der Waals surface area contributed by atoms with E-state index in [0.717, 1.165) is 24.4 Å². The number of benzene rings is 3. The zero-order valence-corrected chi connectivity index (χ0v) is 25.2. The molecule has 0 saturated carbocycles. The van der Waals surface area contributed by atoms with Gasteiger partial charge in [0.05, 0.1) is 0 Å². The van der Waals surface area contributed by atoms with E-state index in [1.165, 1.54) is 44.8 Å². The minimum Gasteiger partial charge on any atom is -0.339 e. The molecule has 2 radical (unpaired) electrons. The average Bonchev–Trinajstić information content (AvgIpc) is 3.23. The summed E-state index contributed by atoms with van der Waals surface area (Å²) in [6.45, 7) is 22.7. The van der Waals surface area contributed by atoms with Crippen molar-refractivity contribution in [3.05, 3.63) is 94.1 Å². The van der Waals surface area contributed by atoms with Gasteiger partial charge in [-0.05, 0) is 63.8 Å². The van der Waals surface area contributed by atoms with Gasteiger partial charge in [-0.25, -0.2) is 0 Å². The first-order valence-electron chi connectivity index (χ1n) is 12.4. The Balaban J connectivity index is 0.000000236. The quantitative estimate of drug-likeness (QED) is 0.283. The van der Waals surface area contributed by atoms with Crippen LogP contribution in [0.5, 0.6) is 5.75 Å². The second-order valence-electron chi connectivity index (χ2n) is 9.78. The van der Waals surface area contributed by atoms with Gasteiger partial charge in [-0.15, -0.1) is 0 Å². The predicted molar refractivity (Wildman–Crippen MR) is 152 cm³/mol. The van der Waals surface area contributed by atoms with Crippen molar-refractivity contribution in [2.75, 3.05) is 22.9 Å². The first kappa shape index (κ1) is 28.4. The summed E-state index contributed by atoms with van der Waals surface area (Å²) in [6, 6.07) is 17.0. The van der Waals surface area contributed by atoms with Crippen molar-refractivity contribution in [2.24, 2.45) is 0 Å². The van der Waals surface area contributed by atoms with E-state index in [2.05, 4.69) is 82.3 Å². The molecule has 5 heteroatoms. The van der Waals surface area contributed by atoms with E-state index in [0.29, 0.717) is 0 Å². The summed E-state index contributed by atoms with van der Waals surface area (Å²) in [6.07, 6.45) is 0.209. The zero-order valence-electron chi connectivity index (χ0n) is 22.7. The number of aryl methyl sites for hydroxylation is 6. The van der Waals surface area contributed by atoms with Gasteiger partial charge in [0.2, 0.25) is 6.67 Å². The predicted octanol–water partition coefficient (Wildman–Crippen LogP) is 7.72. The van der Waals surface area contributed by atoms with Crippen molar-refractivity contribution in [3.63, 3.8) is 0 Å². The molecule has 193 valence electrons. The second kappa shape index (κ2) is 12.9. The van der Waals surface area contributed by atoms with Crippen molar-refractivity contribution in [1.82, 2.24) is 0 Å². The summed E-state index contributed by atoms with van der Waals surface area (Å²) >= 11 is -0.191. The third-order valence-corrected chi connectivity index (χ3v) is 7.22. The molecule has 3 aromatic rings. The van der Waals surface area contributed by atoms with Crippen molar-refractivity contribution < 1.29 is 20.4 Å². The molecule has 0 bridgehead atoms. The van der Waals surface area contributed by atoms with Gasteiger partial charge in [0, 0.05) is 24.5 Å². The van der Waals surface area contributed by atoms with Crippen LogP contribution >= 0.6 is 9.69 Å². The maximum atomic E-state index is 5.72. The van der Waals surface area contributed by atoms with Crippen LogP contribution in [0.2, 0.25) is 0 Å². The van der Waals surface area contributed by atoms with Crippen LogP contribution in [0.4, 0.5) is 11.4 Å². The monoisotopic (exact) mass is 591 g/mol. The molecule has 0 aromatic heterocycles. The minimum atomic E-state index is -0.191. The van der Waals surface area contributed by atoms with Crippen LogP contribution in [0.3, 0.4) is 0 Å². The summed E-state index contributed by atoms with van der Waals surface area (Å²) in [5.41, 5.74) is 11.7.